The average Bonchev–Trinajstić information content (AvgIpc) is 2.66. The Bertz CT molecular complexity index is 499. The molecule has 1 amide bonds. The molecule has 0 saturated heterocycles. The third kappa shape index (κ3) is 2.53. The van der Waals surface area contributed by atoms with Crippen molar-refractivity contribution < 1.29 is 4.79 Å². The summed E-state index contributed by atoms with van der Waals surface area (Å²) in [4.78, 5) is 9.22. The van der Waals surface area contributed by atoms with E-state index in [1.807, 2.05) is 0 Å². The van der Waals surface area contributed by atoms with E-state index < -0.39 is 0 Å². The molecule has 0 fully saturated rings. The summed E-state index contributed by atoms with van der Waals surface area (Å²) < 4.78 is 0. The molecule has 2 aromatic carbocycles. The molecule has 0 aliphatic heterocycles. The van der Waals surface area contributed by atoms with Crippen LogP contribution in [0.5, 0.6) is 0 Å². The molecular weight excluding hydrogens is 210 g/mol. The van der Waals surface area contributed by atoms with E-state index in [9.17, 15) is 4.79 Å². The number of nitrogens with two attached hydrogens (primary N) is 1. The number of rotatable bonds is 0. The smallest absolute Gasteiger partial charge is 0.214 e. The van der Waals surface area contributed by atoms with E-state index in [4.69, 9.17) is 0 Å². The lowest BCUT2D eigenvalue weighted by molar-refractivity contribution is -0.115. The minimum absolute atomic E-state index is 0.333. The van der Waals surface area contributed by atoms with E-state index in [1.165, 1.54) is 29.2 Å². The van der Waals surface area contributed by atoms with Crippen molar-refractivity contribution in [1.29, 1.82) is 0 Å². The van der Waals surface area contributed by atoms with Crippen molar-refractivity contribution in [3.63, 3.8) is 0 Å². The van der Waals surface area contributed by atoms with Crippen molar-refractivity contribution in [3.05, 3.63) is 59.7 Å². The van der Waals surface area contributed by atoms with Gasteiger partial charge in [-0.1, -0.05) is 48.5 Å². The molecule has 1 aliphatic rings. The molecule has 2 N–H and O–H groups in total. The Balaban J connectivity index is 0.000000239. The molecule has 3 rings (SSSR count). The summed E-state index contributed by atoms with van der Waals surface area (Å²) in [7, 11) is 0. The first-order valence-electron chi connectivity index (χ1n) is 5.60. The topological polar surface area (TPSA) is 43.1 Å². The molecule has 0 spiro atoms. The van der Waals surface area contributed by atoms with Gasteiger partial charge in [-0.25, -0.2) is 0 Å². The normalized spacial score (nSPS) is 10.9. The number of carbonyl (C=O) groups is 1. The zero-order chi connectivity index (χ0) is 12.3. The van der Waals surface area contributed by atoms with Gasteiger partial charge < -0.3 is 5.73 Å². The number of benzene rings is 2. The largest absolute Gasteiger partial charge is 0.370 e. The fourth-order valence-electron chi connectivity index (χ4n) is 2.08. The lowest BCUT2D eigenvalue weighted by atomic mass is 10.1. The maximum Gasteiger partial charge on any atom is 0.214 e. The molecule has 0 bridgehead atoms. The quantitative estimate of drug-likeness (QED) is 0.628. The SMILES string of the molecule is CC(N)=O.c1ccc2c(c1)Cc1ccccc1-2. The lowest BCUT2D eigenvalue weighted by Gasteiger charge is -1.98. The van der Waals surface area contributed by atoms with Crippen LogP contribution < -0.4 is 5.73 Å². The Morgan fingerprint density at radius 3 is 1.71 bits per heavy atom. The van der Waals surface area contributed by atoms with E-state index in [0.717, 1.165) is 6.42 Å². The first-order valence-corrected chi connectivity index (χ1v) is 5.60. The zero-order valence-electron chi connectivity index (χ0n) is 9.81. The van der Waals surface area contributed by atoms with Crippen LogP contribution >= 0.6 is 0 Å². The first kappa shape index (κ1) is 11.4. The van der Waals surface area contributed by atoms with Crippen molar-refractivity contribution in [2.24, 2.45) is 5.73 Å². The van der Waals surface area contributed by atoms with E-state index in [1.54, 1.807) is 0 Å². The van der Waals surface area contributed by atoms with Crippen molar-refractivity contribution in [3.8, 4) is 11.1 Å². The second kappa shape index (κ2) is 4.83. The van der Waals surface area contributed by atoms with E-state index in [2.05, 4.69) is 54.3 Å². The van der Waals surface area contributed by atoms with Gasteiger partial charge in [0.2, 0.25) is 5.91 Å². The highest BCUT2D eigenvalue weighted by Crippen LogP contribution is 2.35. The van der Waals surface area contributed by atoms with Gasteiger partial charge in [0.25, 0.3) is 0 Å². The van der Waals surface area contributed by atoms with Gasteiger partial charge >= 0.3 is 0 Å². The molecule has 1 aliphatic carbocycles. The zero-order valence-corrected chi connectivity index (χ0v) is 9.81. The van der Waals surface area contributed by atoms with Crippen molar-refractivity contribution in [1.82, 2.24) is 0 Å². The summed E-state index contributed by atoms with van der Waals surface area (Å²) in [5, 5.41) is 0. The average molecular weight is 225 g/mol. The molecule has 86 valence electrons. The molecule has 0 saturated carbocycles. The summed E-state index contributed by atoms with van der Waals surface area (Å²) in [6.45, 7) is 1.31. The molecule has 17 heavy (non-hydrogen) atoms. The van der Waals surface area contributed by atoms with Crippen LogP contribution in [0.2, 0.25) is 0 Å². The molecule has 2 aromatic rings. The van der Waals surface area contributed by atoms with E-state index in [-0.39, 0.29) is 5.91 Å². The van der Waals surface area contributed by atoms with Crippen LogP contribution in [0.1, 0.15) is 18.1 Å². The highest BCUT2D eigenvalue weighted by molar-refractivity contribution is 5.76. The predicted molar refractivity (Wildman–Crippen MR) is 69.6 cm³/mol. The number of amides is 1. The summed E-state index contributed by atoms with van der Waals surface area (Å²) in [5.74, 6) is -0.333. The molecule has 0 heterocycles. The Kier molecular flexibility index (Phi) is 3.24. The van der Waals surface area contributed by atoms with E-state index in [0.29, 0.717) is 0 Å². The summed E-state index contributed by atoms with van der Waals surface area (Å²) >= 11 is 0. The van der Waals surface area contributed by atoms with Crippen LogP contribution in [0.15, 0.2) is 48.5 Å². The summed E-state index contributed by atoms with van der Waals surface area (Å²) in [6, 6.07) is 17.3. The number of hydrogen-bond acceptors (Lipinski definition) is 1. The summed E-state index contributed by atoms with van der Waals surface area (Å²) in [5.41, 5.74) is 10.2. The second-order valence-electron chi connectivity index (χ2n) is 4.10. The number of primary amides is 1. The molecule has 0 radical (unpaired) electrons. The van der Waals surface area contributed by atoms with Crippen LogP contribution in [-0.2, 0) is 11.2 Å². The minimum atomic E-state index is -0.333. The third-order valence-electron chi connectivity index (χ3n) is 2.71. The van der Waals surface area contributed by atoms with Gasteiger partial charge in [0.05, 0.1) is 0 Å². The van der Waals surface area contributed by atoms with Crippen LogP contribution in [0.3, 0.4) is 0 Å². The van der Waals surface area contributed by atoms with Crippen molar-refractivity contribution >= 4 is 5.91 Å². The highest BCUT2D eigenvalue weighted by atomic mass is 16.1. The Labute approximate surface area is 101 Å². The molecule has 0 aromatic heterocycles. The number of carbonyl (C=O) groups excluding carboxylic acids is 1. The van der Waals surface area contributed by atoms with Gasteiger partial charge in [0.1, 0.15) is 0 Å². The van der Waals surface area contributed by atoms with Crippen molar-refractivity contribution in [2.45, 2.75) is 13.3 Å². The van der Waals surface area contributed by atoms with Gasteiger partial charge in [-0.15, -0.1) is 0 Å². The molecule has 2 heteroatoms. The monoisotopic (exact) mass is 225 g/mol. The van der Waals surface area contributed by atoms with Gasteiger partial charge in [0, 0.05) is 6.92 Å². The van der Waals surface area contributed by atoms with Gasteiger partial charge in [-0.3, -0.25) is 4.79 Å². The number of hydrogen-bond donors (Lipinski definition) is 1. The standard InChI is InChI=1S/C13H10.C2H5NO/c1-3-7-12-10(5-1)9-11-6-2-4-8-13(11)12;1-2(3)4/h1-8H,9H2;1H3,(H2,3,4). The van der Waals surface area contributed by atoms with Crippen LogP contribution in [0.4, 0.5) is 0 Å². The molecule has 0 atom stereocenters. The van der Waals surface area contributed by atoms with E-state index >= 15 is 0 Å². The van der Waals surface area contributed by atoms with Crippen LogP contribution in [0.25, 0.3) is 11.1 Å². The fraction of sp³-hybridized carbons (Fsp3) is 0.133. The number of fused-ring (bicyclic) bond motifs is 3. The molecular formula is C15H15NO. The minimum Gasteiger partial charge on any atom is -0.370 e. The lowest BCUT2D eigenvalue weighted by Crippen LogP contribution is -2.01. The Hall–Kier alpha value is -2.09. The fourth-order valence-corrected chi connectivity index (χ4v) is 2.08. The molecule has 2 nitrogen and oxygen atoms in total. The third-order valence-corrected chi connectivity index (χ3v) is 2.71. The van der Waals surface area contributed by atoms with Crippen LogP contribution in [0, 0.1) is 0 Å². The maximum atomic E-state index is 9.22. The molecule has 0 unspecified atom stereocenters. The first-order chi connectivity index (χ1) is 8.18. The van der Waals surface area contributed by atoms with Gasteiger partial charge in [-0.2, -0.15) is 0 Å². The highest BCUT2D eigenvalue weighted by Gasteiger charge is 2.15. The van der Waals surface area contributed by atoms with Gasteiger partial charge in [0.15, 0.2) is 0 Å². The Morgan fingerprint density at radius 1 is 0.941 bits per heavy atom. The van der Waals surface area contributed by atoms with Crippen LogP contribution in [-0.4, -0.2) is 5.91 Å². The Morgan fingerprint density at radius 2 is 1.29 bits per heavy atom. The maximum absolute atomic E-state index is 9.22. The second-order valence-corrected chi connectivity index (χ2v) is 4.10. The predicted octanol–water partition coefficient (Wildman–Crippen LogP) is 2.75. The summed E-state index contributed by atoms with van der Waals surface area (Å²) in [6.07, 6.45) is 1.10. The van der Waals surface area contributed by atoms with Crippen molar-refractivity contribution in [2.75, 3.05) is 0 Å². The van der Waals surface area contributed by atoms with Gasteiger partial charge in [-0.05, 0) is 28.7 Å².